The first kappa shape index (κ1) is 17.2. The minimum absolute atomic E-state index is 0.136. The number of halogens is 3. The fourth-order valence-corrected chi connectivity index (χ4v) is 2.37. The zero-order valence-electron chi connectivity index (χ0n) is 13.1. The van der Waals surface area contributed by atoms with Crippen LogP contribution in [0, 0.1) is 0 Å². The summed E-state index contributed by atoms with van der Waals surface area (Å²) in [6, 6.07) is 5.77. The molecule has 9 heteroatoms. The Morgan fingerprint density at radius 3 is 2.44 bits per heavy atom. The van der Waals surface area contributed by atoms with Gasteiger partial charge in [-0.1, -0.05) is 0 Å². The summed E-state index contributed by atoms with van der Waals surface area (Å²) < 4.78 is 42.9. The van der Waals surface area contributed by atoms with E-state index in [9.17, 15) is 18.0 Å². The molecule has 6 nitrogen and oxygen atoms in total. The van der Waals surface area contributed by atoms with E-state index in [2.05, 4.69) is 15.3 Å². The van der Waals surface area contributed by atoms with E-state index in [0.29, 0.717) is 32.1 Å². The molecule has 0 atom stereocenters. The Morgan fingerprint density at radius 2 is 1.80 bits per heavy atom. The second-order valence-electron chi connectivity index (χ2n) is 5.39. The molecular formula is C16H15F3N4O2. The van der Waals surface area contributed by atoms with Gasteiger partial charge in [-0.15, -0.1) is 0 Å². The number of nitrogens with zero attached hydrogens (tertiary/aromatic N) is 3. The number of amides is 1. The fourth-order valence-electron chi connectivity index (χ4n) is 2.37. The molecule has 0 spiro atoms. The highest BCUT2D eigenvalue weighted by atomic mass is 19.4. The van der Waals surface area contributed by atoms with Gasteiger partial charge in [0.1, 0.15) is 17.8 Å². The zero-order chi connectivity index (χ0) is 17.9. The molecule has 25 heavy (non-hydrogen) atoms. The van der Waals surface area contributed by atoms with Gasteiger partial charge >= 0.3 is 6.18 Å². The van der Waals surface area contributed by atoms with Crippen LogP contribution in [0.25, 0.3) is 0 Å². The molecule has 132 valence electrons. The maximum Gasteiger partial charge on any atom is 0.416 e. The molecule has 0 saturated carbocycles. The Bertz CT molecular complexity index is 744. The highest BCUT2D eigenvalue weighted by Crippen LogP contribution is 2.29. The lowest BCUT2D eigenvalue weighted by molar-refractivity contribution is -0.137. The van der Waals surface area contributed by atoms with Gasteiger partial charge in [0, 0.05) is 24.8 Å². The molecule has 0 unspecified atom stereocenters. The minimum atomic E-state index is -4.41. The standard InChI is InChI=1S/C16H15F3N4O2/c17-16(18,19)11-1-3-12(4-2-11)22-15(24)13-9-14(21-10-20-13)23-5-7-25-8-6-23/h1-4,9-10H,5-8H2,(H,22,24). The van der Waals surface area contributed by atoms with Crippen LogP contribution in [0.1, 0.15) is 16.1 Å². The minimum Gasteiger partial charge on any atom is -0.378 e. The van der Waals surface area contributed by atoms with Crippen LogP contribution in [0.5, 0.6) is 0 Å². The van der Waals surface area contributed by atoms with Crippen molar-refractivity contribution in [2.45, 2.75) is 6.18 Å². The van der Waals surface area contributed by atoms with Gasteiger partial charge in [0.25, 0.3) is 5.91 Å². The van der Waals surface area contributed by atoms with Crippen LogP contribution in [0.15, 0.2) is 36.7 Å². The number of morpholine rings is 1. The van der Waals surface area contributed by atoms with Gasteiger partial charge in [-0.2, -0.15) is 13.2 Å². The van der Waals surface area contributed by atoms with E-state index in [-0.39, 0.29) is 11.4 Å². The highest BCUT2D eigenvalue weighted by molar-refractivity contribution is 6.03. The number of anilines is 2. The molecule has 2 aromatic rings. The Morgan fingerprint density at radius 1 is 1.12 bits per heavy atom. The summed E-state index contributed by atoms with van der Waals surface area (Å²) in [7, 11) is 0. The van der Waals surface area contributed by atoms with E-state index in [1.807, 2.05) is 4.90 Å². The topological polar surface area (TPSA) is 67.4 Å². The maximum atomic E-state index is 12.6. The zero-order valence-corrected chi connectivity index (χ0v) is 13.1. The third kappa shape index (κ3) is 4.24. The van der Waals surface area contributed by atoms with Crippen LogP contribution < -0.4 is 10.2 Å². The summed E-state index contributed by atoms with van der Waals surface area (Å²) in [6.07, 6.45) is -3.13. The lowest BCUT2D eigenvalue weighted by Crippen LogP contribution is -2.37. The number of benzene rings is 1. The smallest absolute Gasteiger partial charge is 0.378 e. The molecule has 1 aromatic carbocycles. The molecule has 0 radical (unpaired) electrons. The number of hydrogen-bond acceptors (Lipinski definition) is 5. The molecule has 1 amide bonds. The number of alkyl halides is 3. The van der Waals surface area contributed by atoms with Crippen LogP contribution in [0.2, 0.25) is 0 Å². The maximum absolute atomic E-state index is 12.6. The first-order valence-electron chi connectivity index (χ1n) is 7.57. The van der Waals surface area contributed by atoms with Crippen LogP contribution in [0.3, 0.4) is 0 Å². The van der Waals surface area contributed by atoms with E-state index >= 15 is 0 Å². The molecule has 2 heterocycles. The summed E-state index contributed by atoms with van der Waals surface area (Å²) in [4.78, 5) is 22.3. The van der Waals surface area contributed by atoms with E-state index < -0.39 is 17.6 Å². The first-order chi connectivity index (χ1) is 11.9. The average molecular weight is 352 g/mol. The fraction of sp³-hybridized carbons (Fsp3) is 0.312. The van der Waals surface area contributed by atoms with E-state index in [1.165, 1.54) is 18.5 Å². The summed E-state index contributed by atoms with van der Waals surface area (Å²) in [6.45, 7) is 2.49. The summed E-state index contributed by atoms with van der Waals surface area (Å²) >= 11 is 0. The Labute approximate surface area is 141 Å². The van der Waals surface area contributed by atoms with Crippen molar-refractivity contribution in [3.05, 3.63) is 47.9 Å². The molecule has 1 aliphatic heterocycles. The van der Waals surface area contributed by atoms with Gasteiger partial charge in [0.15, 0.2) is 0 Å². The average Bonchev–Trinajstić information content (AvgIpc) is 2.62. The predicted molar refractivity (Wildman–Crippen MR) is 84.5 cm³/mol. The monoisotopic (exact) mass is 352 g/mol. The summed E-state index contributed by atoms with van der Waals surface area (Å²) in [5.41, 5.74) is -0.386. The number of ether oxygens (including phenoxy) is 1. The molecule has 3 rings (SSSR count). The molecule has 1 fully saturated rings. The lowest BCUT2D eigenvalue weighted by Gasteiger charge is -2.27. The third-order valence-electron chi connectivity index (χ3n) is 3.69. The quantitative estimate of drug-likeness (QED) is 0.920. The molecule has 1 aromatic heterocycles. The predicted octanol–water partition coefficient (Wildman–Crippen LogP) is 2.58. The van der Waals surface area contributed by atoms with Crippen LogP contribution in [0.4, 0.5) is 24.7 Å². The Balaban J connectivity index is 1.70. The third-order valence-corrected chi connectivity index (χ3v) is 3.69. The SMILES string of the molecule is O=C(Nc1ccc(C(F)(F)F)cc1)c1cc(N2CCOCC2)ncn1. The van der Waals surface area contributed by atoms with Crippen molar-refractivity contribution in [3.63, 3.8) is 0 Å². The number of carbonyl (C=O) groups excluding carboxylic acids is 1. The normalized spacial score (nSPS) is 15.1. The number of nitrogens with one attached hydrogen (secondary N) is 1. The number of carbonyl (C=O) groups is 1. The van der Waals surface area contributed by atoms with Gasteiger partial charge in [0.05, 0.1) is 18.8 Å². The molecule has 0 aliphatic carbocycles. The van der Waals surface area contributed by atoms with Crippen molar-refractivity contribution < 1.29 is 22.7 Å². The number of aromatic nitrogens is 2. The van der Waals surface area contributed by atoms with Crippen LogP contribution in [-0.4, -0.2) is 42.2 Å². The van der Waals surface area contributed by atoms with Gasteiger partial charge in [-0.05, 0) is 24.3 Å². The van der Waals surface area contributed by atoms with E-state index in [0.717, 1.165) is 12.1 Å². The molecule has 1 saturated heterocycles. The van der Waals surface area contributed by atoms with Crippen molar-refractivity contribution in [2.24, 2.45) is 0 Å². The van der Waals surface area contributed by atoms with Gasteiger partial charge in [0.2, 0.25) is 0 Å². The van der Waals surface area contributed by atoms with Crippen molar-refractivity contribution in [2.75, 3.05) is 36.5 Å². The molecular weight excluding hydrogens is 337 g/mol. The lowest BCUT2D eigenvalue weighted by atomic mass is 10.2. The van der Waals surface area contributed by atoms with E-state index in [1.54, 1.807) is 6.07 Å². The van der Waals surface area contributed by atoms with Crippen molar-refractivity contribution in [1.29, 1.82) is 0 Å². The Kier molecular flexibility index (Phi) is 4.84. The van der Waals surface area contributed by atoms with Crippen molar-refractivity contribution in [3.8, 4) is 0 Å². The second-order valence-corrected chi connectivity index (χ2v) is 5.39. The second kappa shape index (κ2) is 7.06. The molecule has 1 aliphatic rings. The highest BCUT2D eigenvalue weighted by Gasteiger charge is 2.30. The Hall–Kier alpha value is -2.68. The van der Waals surface area contributed by atoms with Crippen molar-refractivity contribution in [1.82, 2.24) is 9.97 Å². The van der Waals surface area contributed by atoms with E-state index in [4.69, 9.17) is 4.74 Å². The number of rotatable bonds is 3. The summed E-state index contributed by atoms with van der Waals surface area (Å²) in [5.74, 6) is 0.0903. The largest absolute Gasteiger partial charge is 0.416 e. The first-order valence-corrected chi connectivity index (χ1v) is 7.57. The number of hydrogen-bond donors (Lipinski definition) is 1. The van der Waals surface area contributed by atoms with Gasteiger partial charge in [-0.25, -0.2) is 9.97 Å². The van der Waals surface area contributed by atoms with Crippen molar-refractivity contribution >= 4 is 17.4 Å². The summed E-state index contributed by atoms with van der Waals surface area (Å²) in [5, 5.41) is 2.53. The van der Waals surface area contributed by atoms with Gasteiger partial charge in [-0.3, -0.25) is 4.79 Å². The molecule has 1 N–H and O–H groups in total. The van der Waals surface area contributed by atoms with Gasteiger partial charge < -0.3 is 15.0 Å². The van der Waals surface area contributed by atoms with Crippen LogP contribution in [-0.2, 0) is 10.9 Å². The molecule has 0 bridgehead atoms. The van der Waals surface area contributed by atoms with Crippen LogP contribution >= 0.6 is 0 Å².